The van der Waals surface area contributed by atoms with E-state index < -0.39 is 0 Å². The molecule has 2 N–H and O–H groups in total. The largest absolute Gasteiger partial charge is 0.497 e. The number of hydrogen-bond acceptors (Lipinski definition) is 4. The maximum absolute atomic E-state index is 12.5. The van der Waals surface area contributed by atoms with Crippen LogP contribution in [0.3, 0.4) is 0 Å². The first kappa shape index (κ1) is 14.9. The third kappa shape index (κ3) is 3.34. The van der Waals surface area contributed by atoms with Gasteiger partial charge in [-0.2, -0.15) is 5.10 Å². The summed E-state index contributed by atoms with van der Waals surface area (Å²) >= 11 is 0. The molecule has 112 valence electrons. The van der Waals surface area contributed by atoms with E-state index in [1.54, 1.807) is 29.9 Å². The summed E-state index contributed by atoms with van der Waals surface area (Å²) in [6.07, 6.45) is 1.63. The van der Waals surface area contributed by atoms with Crippen molar-refractivity contribution in [3.63, 3.8) is 0 Å². The minimum absolute atomic E-state index is 0.161. The summed E-state index contributed by atoms with van der Waals surface area (Å²) in [4.78, 5) is 14.2. The van der Waals surface area contributed by atoms with Crippen LogP contribution in [0, 0.1) is 0 Å². The average Bonchev–Trinajstić information content (AvgIpc) is 2.83. The molecule has 21 heavy (non-hydrogen) atoms. The molecule has 0 unspecified atom stereocenters. The molecule has 1 amide bonds. The topological polar surface area (TPSA) is 73.4 Å². The number of amides is 1. The van der Waals surface area contributed by atoms with E-state index in [-0.39, 0.29) is 5.91 Å². The first-order chi connectivity index (χ1) is 10.0. The van der Waals surface area contributed by atoms with Crippen LogP contribution < -0.4 is 10.5 Å². The molecule has 1 heterocycles. The summed E-state index contributed by atoms with van der Waals surface area (Å²) in [5.74, 6) is 0.633. The van der Waals surface area contributed by atoms with E-state index in [4.69, 9.17) is 10.5 Å². The van der Waals surface area contributed by atoms with Gasteiger partial charge in [0.15, 0.2) is 5.69 Å². The second-order valence-electron chi connectivity index (χ2n) is 4.77. The second kappa shape index (κ2) is 6.30. The van der Waals surface area contributed by atoms with Crippen molar-refractivity contribution >= 4 is 11.6 Å². The number of ether oxygens (including phenoxy) is 1. The Hall–Kier alpha value is -2.50. The summed E-state index contributed by atoms with van der Waals surface area (Å²) in [6.45, 7) is 3.02. The van der Waals surface area contributed by atoms with Gasteiger partial charge in [0, 0.05) is 26.3 Å². The smallest absolute Gasteiger partial charge is 0.276 e. The molecule has 0 aliphatic carbocycles. The number of benzene rings is 1. The van der Waals surface area contributed by atoms with Crippen LogP contribution in [0.15, 0.2) is 30.5 Å². The van der Waals surface area contributed by atoms with Crippen molar-refractivity contribution in [2.24, 2.45) is 7.05 Å². The van der Waals surface area contributed by atoms with Crippen molar-refractivity contribution in [3.05, 3.63) is 41.7 Å². The van der Waals surface area contributed by atoms with Gasteiger partial charge in [0.1, 0.15) is 5.75 Å². The zero-order valence-electron chi connectivity index (χ0n) is 12.5. The van der Waals surface area contributed by atoms with Gasteiger partial charge < -0.3 is 15.4 Å². The zero-order valence-corrected chi connectivity index (χ0v) is 12.5. The van der Waals surface area contributed by atoms with Gasteiger partial charge in [0.25, 0.3) is 5.91 Å². The number of nitrogens with two attached hydrogens (primary N) is 1. The molecule has 6 heteroatoms. The molecule has 0 fully saturated rings. The third-order valence-corrected chi connectivity index (χ3v) is 3.26. The molecule has 0 saturated heterocycles. The second-order valence-corrected chi connectivity index (χ2v) is 4.77. The summed E-state index contributed by atoms with van der Waals surface area (Å²) in [5, 5.41) is 4.13. The lowest BCUT2D eigenvalue weighted by Crippen LogP contribution is -2.31. The Labute approximate surface area is 124 Å². The molecule has 2 rings (SSSR count). The maximum Gasteiger partial charge on any atom is 0.276 e. The molecule has 6 nitrogen and oxygen atoms in total. The van der Waals surface area contributed by atoms with Gasteiger partial charge in [-0.25, -0.2) is 0 Å². The number of carbonyl (C=O) groups is 1. The van der Waals surface area contributed by atoms with Gasteiger partial charge in [-0.15, -0.1) is 0 Å². The highest BCUT2D eigenvalue weighted by molar-refractivity contribution is 5.97. The standard InChI is InChI=1S/C15H20N4O2/c1-4-19(9-11-5-7-12(21-3)8-6-11)15(20)14-13(16)10-18(2)17-14/h5-8,10H,4,9,16H2,1-3H3. The predicted octanol–water partition coefficient (Wildman–Crippen LogP) is 1.67. The average molecular weight is 288 g/mol. The highest BCUT2D eigenvalue weighted by atomic mass is 16.5. The van der Waals surface area contributed by atoms with Crippen molar-refractivity contribution < 1.29 is 9.53 Å². The van der Waals surface area contributed by atoms with Crippen LogP contribution in [0.25, 0.3) is 0 Å². The highest BCUT2D eigenvalue weighted by Crippen LogP contribution is 2.16. The van der Waals surface area contributed by atoms with E-state index in [1.807, 2.05) is 31.2 Å². The molecular formula is C15H20N4O2. The van der Waals surface area contributed by atoms with E-state index >= 15 is 0 Å². The Bertz CT molecular complexity index is 619. The van der Waals surface area contributed by atoms with Crippen LogP contribution in [0.2, 0.25) is 0 Å². The number of methoxy groups -OCH3 is 1. The fourth-order valence-electron chi connectivity index (χ4n) is 2.10. The van der Waals surface area contributed by atoms with E-state index in [0.29, 0.717) is 24.5 Å². The van der Waals surface area contributed by atoms with E-state index in [0.717, 1.165) is 11.3 Å². The van der Waals surface area contributed by atoms with Gasteiger partial charge in [-0.1, -0.05) is 12.1 Å². The molecule has 0 bridgehead atoms. The summed E-state index contributed by atoms with van der Waals surface area (Å²) in [6, 6.07) is 7.64. The quantitative estimate of drug-likeness (QED) is 0.908. The van der Waals surface area contributed by atoms with Crippen LogP contribution in [0.4, 0.5) is 5.69 Å². The highest BCUT2D eigenvalue weighted by Gasteiger charge is 2.20. The van der Waals surface area contributed by atoms with Gasteiger partial charge >= 0.3 is 0 Å². The van der Waals surface area contributed by atoms with Crippen molar-refractivity contribution in [1.29, 1.82) is 0 Å². The minimum Gasteiger partial charge on any atom is -0.497 e. The SMILES string of the molecule is CCN(Cc1ccc(OC)cc1)C(=O)c1nn(C)cc1N. The maximum atomic E-state index is 12.5. The Morgan fingerprint density at radius 3 is 2.52 bits per heavy atom. The number of carbonyl (C=O) groups excluding carboxylic acids is 1. The van der Waals surface area contributed by atoms with Crippen LogP contribution >= 0.6 is 0 Å². The molecule has 0 aliphatic heterocycles. The van der Waals surface area contributed by atoms with Crippen LogP contribution in [0.5, 0.6) is 5.75 Å². The van der Waals surface area contributed by atoms with Gasteiger partial charge in [-0.05, 0) is 24.6 Å². The first-order valence-corrected chi connectivity index (χ1v) is 6.76. The lowest BCUT2D eigenvalue weighted by atomic mass is 10.2. The lowest BCUT2D eigenvalue weighted by Gasteiger charge is -2.20. The fraction of sp³-hybridized carbons (Fsp3) is 0.333. The Kier molecular flexibility index (Phi) is 4.47. The number of aryl methyl sites for hydroxylation is 1. The number of nitrogen functional groups attached to an aromatic ring is 1. The molecule has 2 aromatic rings. The number of nitrogens with zero attached hydrogens (tertiary/aromatic N) is 3. The van der Waals surface area contributed by atoms with Crippen molar-refractivity contribution in [2.75, 3.05) is 19.4 Å². The Morgan fingerprint density at radius 1 is 1.38 bits per heavy atom. The molecule has 0 saturated carbocycles. The van der Waals surface area contributed by atoms with Crippen LogP contribution in [-0.2, 0) is 13.6 Å². The third-order valence-electron chi connectivity index (χ3n) is 3.26. The Balaban J connectivity index is 2.15. The van der Waals surface area contributed by atoms with Gasteiger partial charge in [-0.3, -0.25) is 9.48 Å². The lowest BCUT2D eigenvalue weighted by molar-refractivity contribution is 0.0747. The summed E-state index contributed by atoms with van der Waals surface area (Å²) in [5.41, 5.74) is 7.54. The van der Waals surface area contributed by atoms with Crippen molar-refractivity contribution in [1.82, 2.24) is 14.7 Å². The summed E-state index contributed by atoms with van der Waals surface area (Å²) < 4.78 is 6.67. The molecule has 1 aromatic heterocycles. The van der Waals surface area contributed by atoms with Gasteiger partial charge in [0.2, 0.25) is 0 Å². The van der Waals surface area contributed by atoms with E-state index in [2.05, 4.69) is 5.10 Å². The number of hydrogen-bond donors (Lipinski definition) is 1. The number of rotatable bonds is 5. The fourth-order valence-corrected chi connectivity index (χ4v) is 2.10. The van der Waals surface area contributed by atoms with E-state index in [9.17, 15) is 4.79 Å². The minimum atomic E-state index is -0.161. The molecule has 0 aliphatic rings. The number of aromatic nitrogens is 2. The molecule has 0 spiro atoms. The zero-order chi connectivity index (χ0) is 15.4. The molecular weight excluding hydrogens is 268 g/mol. The molecule has 0 radical (unpaired) electrons. The van der Waals surface area contributed by atoms with E-state index in [1.165, 1.54) is 0 Å². The number of anilines is 1. The van der Waals surface area contributed by atoms with Crippen LogP contribution in [0.1, 0.15) is 23.0 Å². The molecule has 1 aromatic carbocycles. The van der Waals surface area contributed by atoms with Crippen LogP contribution in [-0.4, -0.2) is 34.2 Å². The Morgan fingerprint density at radius 2 is 2.05 bits per heavy atom. The monoisotopic (exact) mass is 288 g/mol. The predicted molar refractivity (Wildman–Crippen MR) is 81.0 cm³/mol. The van der Waals surface area contributed by atoms with Crippen molar-refractivity contribution in [2.45, 2.75) is 13.5 Å². The summed E-state index contributed by atoms with van der Waals surface area (Å²) in [7, 11) is 3.37. The molecule has 0 atom stereocenters. The van der Waals surface area contributed by atoms with Crippen molar-refractivity contribution in [3.8, 4) is 5.75 Å². The normalized spacial score (nSPS) is 10.4. The first-order valence-electron chi connectivity index (χ1n) is 6.76. The van der Waals surface area contributed by atoms with Gasteiger partial charge in [0.05, 0.1) is 12.8 Å².